The summed E-state index contributed by atoms with van der Waals surface area (Å²) in [6, 6.07) is 0. The van der Waals surface area contributed by atoms with Crippen LogP contribution in [0.1, 0.15) is 6.92 Å². The minimum atomic E-state index is -0.116. The van der Waals surface area contributed by atoms with Gasteiger partial charge in [0.1, 0.15) is 6.23 Å². The summed E-state index contributed by atoms with van der Waals surface area (Å²) < 4.78 is 5.31. The Morgan fingerprint density at radius 1 is 1.73 bits per heavy atom. The van der Waals surface area contributed by atoms with Crippen molar-refractivity contribution < 1.29 is 9.84 Å². The van der Waals surface area contributed by atoms with Crippen LogP contribution >= 0.6 is 0 Å². The molecule has 0 radical (unpaired) electrons. The molecule has 1 unspecified atom stereocenters. The highest BCUT2D eigenvalue weighted by molar-refractivity contribution is 4.69. The molecule has 4 heteroatoms. The molecule has 0 saturated carbocycles. The Kier molecular flexibility index (Phi) is 3.79. The van der Waals surface area contributed by atoms with Gasteiger partial charge in [-0.25, -0.2) is 0 Å². The molecule has 0 aliphatic carbocycles. The summed E-state index contributed by atoms with van der Waals surface area (Å²) in [5.74, 6) is 0. The number of hydrogen-bond donors (Lipinski definition) is 2. The van der Waals surface area contributed by atoms with E-state index >= 15 is 0 Å². The van der Waals surface area contributed by atoms with Crippen molar-refractivity contribution in [3.05, 3.63) is 0 Å². The average Bonchev–Trinajstić information content (AvgIpc) is 2.52. The smallest absolute Gasteiger partial charge is 0.134 e. The highest BCUT2D eigenvalue weighted by Gasteiger charge is 2.20. The Hall–Kier alpha value is -0.160. The first-order valence-electron chi connectivity index (χ1n) is 4.05. The average molecular weight is 160 g/mol. The molecule has 1 rings (SSSR count). The molecule has 1 atom stereocenters. The standard InChI is InChI=1S/C7H16N2O2/c1-2-11-7(5-10)9-4-3-8-6-9/h7-8,10H,2-6H2,1H3. The predicted octanol–water partition coefficient (Wildman–Crippen LogP) is -0.796. The van der Waals surface area contributed by atoms with Crippen molar-refractivity contribution in [3.63, 3.8) is 0 Å². The van der Waals surface area contributed by atoms with Crippen LogP contribution in [0.2, 0.25) is 0 Å². The molecular weight excluding hydrogens is 144 g/mol. The molecule has 0 aromatic carbocycles. The molecule has 1 heterocycles. The summed E-state index contributed by atoms with van der Waals surface area (Å²) in [5.41, 5.74) is 0. The SMILES string of the molecule is CCOC(CO)N1CCNC1. The molecule has 11 heavy (non-hydrogen) atoms. The Labute approximate surface area is 67.1 Å². The second-order valence-corrected chi connectivity index (χ2v) is 2.56. The molecule has 0 spiro atoms. The van der Waals surface area contributed by atoms with Gasteiger partial charge in [-0.05, 0) is 6.92 Å². The highest BCUT2D eigenvalue weighted by Crippen LogP contribution is 2.02. The van der Waals surface area contributed by atoms with Gasteiger partial charge < -0.3 is 15.2 Å². The van der Waals surface area contributed by atoms with E-state index in [0.29, 0.717) is 6.61 Å². The van der Waals surface area contributed by atoms with E-state index in [2.05, 4.69) is 10.2 Å². The van der Waals surface area contributed by atoms with Crippen LogP contribution in [0.5, 0.6) is 0 Å². The Morgan fingerprint density at radius 2 is 2.55 bits per heavy atom. The van der Waals surface area contributed by atoms with Gasteiger partial charge in [0, 0.05) is 19.7 Å². The molecule has 0 amide bonds. The van der Waals surface area contributed by atoms with Gasteiger partial charge in [0.15, 0.2) is 0 Å². The van der Waals surface area contributed by atoms with Crippen LogP contribution in [0.25, 0.3) is 0 Å². The first kappa shape index (κ1) is 8.93. The number of aliphatic hydroxyl groups is 1. The van der Waals surface area contributed by atoms with Gasteiger partial charge in [-0.15, -0.1) is 0 Å². The Balaban J connectivity index is 2.27. The van der Waals surface area contributed by atoms with E-state index in [9.17, 15) is 0 Å². The van der Waals surface area contributed by atoms with Crippen LogP contribution in [0.15, 0.2) is 0 Å². The van der Waals surface area contributed by atoms with Gasteiger partial charge in [-0.1, -0.05) is 0 Å². The van der Waals surface area contributed by atoms with Crippen LogP contribution in [0.4, 0.5) is 0 Å². The highest BCUT2D eigenvalue weighted by atomic mass is 16.5. The topological polar surface area (TPSA) is 44.7 Å². The molecule has 1 aliphatic heterocycles. The van der Waals surface area contributed by atoms with Gasteiger partial charge in [-0.2, -0.15) is 0 Å². The number of nitrogens with zero attached hydrogens (tertiary/aromatic N) is 1. The number of ether oxygens (including phenoxy) is 1. The fourth-order valence-corrected chi connectivity index (χ4v) is 1.24. The second-order valence-electron chi connectivity index (χ2n) is 2.56. The summed E-state index contributed by atoms with van der Waals surface area (Å²) in [6.45, 7) is 5.45. The van der Waals surface area contributed by atoms with E-state index in [4.69, 9.17) is 9.84 Å². The first-order valence-corrected chi connectivity index (χ1v) is 4.05. The van der Waals surface area contributed by atoms with Gasteiger partial charge in [0.2, 0.25) is 0 Å². The maximum absolute atomic E-state index is 8.92. The monoisotopic (exact) mass is 160 g/mol. The zero-order chi connectivity index (χ0) is 8.10. The molecule has 1 saturated heterocycles. The van der Waals surface area contributed by atoms with Crippen LogP contribution in [0.3, 0.4) is 0 Å². The largest absolute Gasteiger partial charge is 0.392 e. The maximum atomic E-state index is 8.92. The van der Waals surface area contributed by atoms with Gasteiger partial charge in [-0.3, -0.25) is 4.90 Å². The molecule has 0 bridgehead atoms. The van der Waals surface area contributed by atoms with E-state index in [-0.39, 0.29) is 12.8 Å². The van der Waals surface area contributed by atoms with Crippen molar-refractivity contribution in [2.45, 2.75) is 13.2 Å². The zero-order valence-corrected chi connectivity index (χ0v) is 6.92. The van der Waals surface area contributed by atoms with E-state index in [1.807, 2.05) is 6.92 Å². The van der Waals surface area contributed by atoms with Gasteiger partial charge in [0.05, 0.1) is 13.3 Å². The number of hydrogen-bond acceptors (Lipinski definition) is 4. The lowest BCUT2D eigenvalue weighted by molar-refractivity contribution is -0.0736. The molecule has 0 aromatic heterocycles. The third-order valence-electron chi connectivity index (χ3n) is 1.81. The fourth-order valence-electron chi connectivity index (χ4n) is 1.24. The minimum Gasteiger partial charge on any atom is -0.392 e. The molecular formula is C7H16N2O2. The van der Waals surface area contributed by atoms with Gasteiger partial charge in [0.25, 0.3) is 0 Å². The Morgan fingerprint density at radius 3 is 3.00 bits per heavy atom. The van der Waals surface area contributed by atoms with Gasteiger partial charge >= 0.3 is 0 Å². The Bertz CT molecular complexity index is 105. The van der Waals surface area contributed by atoms with Crippen LogP contribution in [-0.4, -0.2) is 49.2 Å². The van der Waals surface area contributed by atoms with Crippen LogP contribution < -0.4 is 5.32 Å². The normalized spacial score (nSPS) is 22.4. The van der Waals surface area contributed by atoms with Crippen LogP contribution in [0, 0.1) is 0 Å². The second kappa shape index (κ2) is 4.66. The molecule has 66 valence electrons. The minimum absolute atomic E-state index is 0.0789. The van der Waals surface area contributed by atoms with Crippen molar-refractivity contribution >= 4 is 0 Å². The zero-order valence-electron chi connectivity index (χ0n) is 6.92. The molecule has 2 N–H and O–H groups in total. The fraction of sp³-hybridized carbons (Fsp3) is 1.00. The summed E-state index contributed by atoms with van der Waals surface area (Å²) in [5, 5.41) is 12.1. The van der Waals surface area contributed by atoms with Crippen molar-refractivity contribution in [2.24, 2.45) is 0 Å². The summed E-state index contributed by atoms with van der Waals surface area (Å²) >= 11 is 0. The third-order valence-corrected chi connectivity index (χ3v) is 1.81. The summed E-state index contributed by atoms with van der Waals surface area (Å²) in [4.78, 5) is 2.09. The molecule has 1 fully saturated rings. The quantitative estimate of drug-likeness (QED) is 0.565. The van der Waals surface area contributed by atoms with Crippen molar-refractivity contribution in [3.8, 4) is 0 Å². The van der Waals surface area contributed by atoms with Crippen molar-refractivity contribution in [1.29, 1.82) is 0 Å². The van der Waals surface area contributed by atoms with E-state index in [1.54, 1.807) is 0 Å². The summed E-state index contributed by atoms with van der Waals surface area (Å²) in [7, 11) is 0. The molecule has 4 nitrogen and oxygen atoms in total. The first-order chi connectivity index (χ1) is 5.38. The number of aliphatic hydroxyl groups excluding tert-OH is 1. The number of nitrogens with one attached hydrogen (secondary N) is 1. The molecule has 1 aliphatic rings. The van der Waals surface area contributed by atoms with E-state index in [1.165, 1.54) is 0 Å². The lowest BCUT2D eigenvalue weighted by Gasteiger charge is -2.24. The summed E-state index contributed by atoms with van der Waals surface area (Å²) in [6.07, 6.45) is -0.116. The number of rotatable bonds is 4. The lowest BCUT2D eigenvalue weighted by atomic mass is 10.5. The van der Waals surface area contributed by atoms with Crippen molar-refractivity contribution in [2.75, 3.05) is 33.0 Å². The third kappa shape index (κ3) is 2.41. The predicted molar refractivity (Wildman–Crippen MR) is 42.1 cm³/mol. The van der Waals surface area contributed by atoms with E-state index < -0.39 is 0 Å². The van der Waals surface area contributed by atoms with Crippen LogP contribution in [-0.2, 0) is 4.74 Å². The van der Waals surface area contributed by atoms with E-state index in [0.717, 1.165) is 19.8 Å². The lowest BCUT2D eigenvalue weighted by Crippen LogP contribution is -2.39. The molecule has 0 aromatic rings. The maximum Gasteiger partial charge on any atom is 0.134 e. The van der Waals surface area contributed by atoms with Crippen molar-refractivity contribution in [1.82, 2.24) is 10.2 Å².